The molecule has 2 aromatic rings. The smallest absolute Gasteiger partial charge is 0.321 e. The Balaban J connectivity index is 2.44. The van der Waals surface area contributed by atoms with Crippen molar-refractivity contribution in [2.24, 2.45) is 14.1 Å². The number of rotatable bonds is 7. The van der Waals surface area contributed by atoms with E-state index in [1.165, 1.54) is 11.6 Å². The van der Waals surface area contributed by atoms with Gasteiger partial charge in [-0.2, -0.15) is 0 Å². The van der Waals surface area contributed by atoms with Crippen molar-refractivity contribution in [2.45, 2.75) is 40.2 Å². The van der Waals surface area contributed by atoms with E-state index in [2.05, 4.69) is 23.7 Å². The molecule has 0 aliphatic rings. The summed E-state index contributed by atoms with van der Waals surface area (Å²) in [5.74, 6) is 0.770. The second-order valence-corrected chi connectivity index (χ2v) is 6.03. The van der Waals surface area contributed by atoms with Crippen molar-refractivity contribution in [1.29, 1.82) is 0 Å². The maximum atomic E-state index is 12.5. The quantitative estimate of drug-likeness (QED) is 0.759. The Labute approximate surface area is 136 Å². The molecular formula is C16H27N5O2. The van der Waals surface area contributed by atoms with Crippen molar-refractivity contribution in [1.82, 2.24) is 23.6 Å². The topological polar surface area (TPSA) is 65.1 Å². The number of aryl methyl sites for hydroxylation is 2. The fourth-order valence-corrected chi connectivity index (χ4v) is 3.04. The van der Waals surface area contributed by atoms with E-state index in [-0.39, 0.29) is 11.2 Å². The monoisotopic (exact) mass is 321 g/mol. The van der Waals surface area contributed by atoms with Crippen LogP contribution >= 0.6 is 0 Å². The summed E-state index contributed by atoms with van der Waals surface area (Å²) >= 11 is 0. The summed E-state index contributed by atoms with van der Waals surface area (Å²) in [5.41, 5.74) is 0.361. The van der Waals surface area contributed by atoms with E-state index in [1.807, 2.05) is 11.5 Å². The van der Waals surface area contributed by atoms with E-state index in [1.54, 1.807) is 7.05 Å². The van der Waals surface area contributed by atoms with Gasteiger partial charge in [-0.25, -0.2) is 9.78 Å². The van der Waals surface area contributed by atoms with Crippen LogP contribution in [0.1, 0.15) is 32.5 Å². The van der Waals surface area contributed by atoms with Gasteiger partial charge in [0.15, 0.2) is 11.2 Å². The fourth-order valence-electron chi connectivity index (χ4n) is 3.04. The molecule has 0 bridgehead atoms. The maximum absolute atomic E-state index is 12.5. The first kappa shape index (κ1) is 17.5. The second-order valence-electron chi connectivity index (χ2n) is 6.03. The number of hydrogen-bond acceptors (Lipinski definition) is 4. The lowest BCUT2D eigenvalue weighted by Gasteiger charge is -2.21. The van der Waals surface area contributed by atoms with Crippen LogP contribution in [-0.2, 0) is 20.6 Å². The highest BCUT2D eigenvalue weighted by molar-refractivity contribution is 5.70. The Morgan fingerprint density at radius 2 is 1.61 bits per heavy atom. The third kappa shape index (κ3) is 3.24. The molecule has 0 atom stereocenters. The number of fused-ring (bicyclic) bond motifs is 1. The van der Waals surface area contributed by atoms with E-state index in [0.717, 1.165) is 42.9 Å². The molecule has 128 valence electrons. The highest BCUT2D eigenvalue weighted by atomic mass is 16.2. The molecule has 2 heterocycles. The van der Waals surface area contributed by atoms with Gasteiger partial charge in [0.05, 0.1) is 0 Å². The van der Waals surface area contributed by atoms with Crippen LogP contribution in [0.4, 0.5) is 0 Å². The van der Waals surface area contributed by atoms with Crippen LogP contribution in [0, 0.1) is 6.92 Å². The van der Waals surface area contributed by atoms with Gasteiger partial charge in [0.1, 0.15) is 5.82 Å². The third-order valence-corrected chi connectivity index (χ3v) is 4.26. The lowest BCUT2D eigenvalue weighted by atomic mass is 10.3. The van der Waals surface area contributed by atoms with Crippen LogP contribution in [-0.4, -0.2) is 43.2 Å². The molecule has 0 radical (unpaired) electrons. The number of nitrogens with zero attached hydrogens (tertiary/aromatic N) is 5. The molecule has 0 amide bonds. The molecule has 0 aliphatic carbocycles. The van der Waals surface area contributed by atoms with Crippen LogP contribution in [0.25, 0.3) is 11.2 Å². The Bertz CT molecular complexity index is 793. The molecule has 0 saturated heterocycles. The SMILES string of the molecule is CCCN(CCC)CCn1c(C)nc2c1c(=O)n(C)c(=O)n2C. The zero-order chi connectivity index (χ0) is 17.1. The van der Waals surface area contributed by atoms with Crippen molar-refractivity contribution in [2.75, 3.05) is 19.6 Å². The largest absolute Gasteiger partial charge is 0.332 e. The van der Waals surface area contributed by atoms with Gasteiger partial charge in [-0.3, -0.25) is 13.9 Å². The Hall–Kier alpha value is -1.89. The molecular weight excluding hydrogens is 294 g/mol. The molecule has 0 spiro atoms. The standard InChI is InChI=1S/C16H27N5O2/c1-6-8-20(9-7-2)10-11-21-12(3)17-14-13(21)15(22)19(5)16(23)18(14)4/h6-11H2,1-5H3. The fraction of sp³-hybridized carbons (Fsp3) is 0.688. The van der Waals surface area contributed by atoms with E-state index in [0.29, 0.717) is 17.7 Å². The van der Waals surface area contributed by atoms with Crippen LogP contribution in [0.3, 0.4) is 0 Å². The molecule has 23 heavy (non-hydrogen) atoms. The van der Waals surface area contributed by atoms with Crippen molar-refractivity contribution in [3.63, 3.8) is 0 Å². The van der Waals surface area contributed by atoms with Crippen molar-refractivity contribution < 1.29 is 0 Å². The Morgan fingerprint density at radius 1 is 1.00 bits per heavy atom. The van der Waals surface area contributed by atoms with Crippen LogP contribution in [0.5, 0.6) is 0 Å². The summed E-state index contributed by atoms with van der Waals surface area (Å²) in [6.45, 7) is 9.91. The molecule has 0 N–H and O–H groups in total. The normalized spacial score (nSPS) is 11.7. The van der Waals surface area contributed by atoms with Crippen LogP contribution in [0.15, 0.2) is 9.59 Å². The molecule has 7 heteroatoms. The average molecular weight is 321 g/mol. The average Bonchev–Trinajstić information content (AvgIpc) is 2.86. The zero-order valence-electron chi connectivity index (χ0n) is 14.8. The number of aromatic nitrogens is 4. The van der Waals surface area contributed by atoms with Gasteiger partial charge in [0.2, 0.25) is 0 Å². The second kappa shape index (κ2) is 7.12. The molecule has 0 aromatic carbocycles. The first-order chi connectivity index (χ1) is 10.9. The van der Waals surface area contributed by atoms with E-state index < -0.39 is 0 Å². The maximum Gasteiger partial charge on any atom is 0.332 e. The molecule has 0 fully saturated rings. The van der Waals surface area contributed by atoms with Gasteiger partial charge in [-0.05, 0) is 32.9 Å². The van der Waals surface area contributed by atoms with Gasteiger partial charge in [0.25, 0.3) is 5.56 Å². The third-order valence-electron chi connectivity index (χ3n) is 4.26. The summed E-state index contributed by atoms with van der Waals surface area (Å²) in [6, 6.07) is 0. The molecule has 0 unspecified atom stereocenters. The Morgan fingerprint density at radius 3 is 2.17 bits per heavy atom. The minimum Gasteiger partial charge on any atom is -0.321 e. The van der Waals surface area contributed by atoms with Crippen LogP contribution < -0.4 is 11.2 Å². The summed E-state index contributed by atoms with van der Waals surface area (Å²) in [6.07, 6.45) is 2.22. The lowest BCUT2D eigenvalue weighted by Crippen LogP contribution is -2.38. The summed E-state index contributed by atoms with van der Waals surface area (Å²) in [7, 11) is 3.17. The lowest BCUT2D eigenvalue weighted by molar-refractivity contribution is 0.264. The molecule has 2 aromatic heterocycles. The molecule has 7 nitrogen and oxygen atoms in total. The van der Waals surface area contributed by atoms with Crippen molar-refractivity contribution in [3.05, 3.63) is 26.7 Å². The van der Waals surface area contributed by atoms with E-state index in [4.69, 9.17) is 0 Å². The first-order valence-electron chi connectivity index (χ1n) is 8.27. The summed E-state index contributed by atoms with van der Waals surface area (Å²) in [4.78, 5) is 31.4. The van der Waals surface area contributed by atoms with Gasteiger partial charge in [-0.1, -0.05) is 13.8 Å². The van der Waals surface area contributed by atoms with Gasteiger partial charge < -0.3 is 9.47 Å². The summed E-state index contributed by atoms with van der Waals surface area (Å²) < 4.78 is 4.53. The van der Waals surface area contributed by atoms with Crippen molar-refractivity contribution >= 4 is 11.2 Å². The predicted octanol–water partition coefficient (Wildman–Crippen LogP) is 0.864. The zero-order valence-corrected chi connectivity index (χ0v) is 14.8. The molecule has 2 rings (SSSR count). The van der Waals surface area contributed by atoms with Gasteiger partial charge in [-0.15, -0.1) is 0 Å². The minimum absolute atomic E-state index is 0.277. The number of hydrogen-bond donors (Lipinski definition) is 0. The van der Waals surface area contributed by atoms with E-state index in [9.17, 15) is 9.59 Å². The Kier molecular flexibility index (Phi) is 5.41. The van der Waals surface area contributed by atoms with E-state index >= 15 is 0 Å². The highest BCUT2D eigenvalue weighted by Crippen LogP contribution is 2.10. The minimum atomic E-state index is -0.342. The highest BCUT2D eigenvalue weighted by Gasteiger charge is 2.17. The predicted molar refractivity (Wildman–Crippen MR) is 92.0 cm³/mol. The summed E-state index contributed by atoms with van der Waals surface area (Å²) in [5, 5.41) is 0. The molecule has 0 aliphatic heterocycles. The van der Waals surface area contributed by atoms with Gasteiger partial charge >= 0.3 is 5.69 Å². The van der Waals surface area contributed by atoms with Gasteiger partial charge in [0, 0.05) is 27.2 Å². The molecule has 0 saturated carbocycles. The number of imidazole rings is 1. The first-order valence-corrected chi connectivity index (χ1v) is 8.27. The van der Waals surface area contributed by atoms with Crippen molar-refractivity contribution in [3.8, 4) is 0 Å². The van der Waals surface area contributed by atoms with Crippen LogP contribution in [0.2, 0.25) is 0 Å².